The lowest BCUT2D eigenvalue weighted by Gasteiger charge is -2.09. The minimum Gasteiger partial charge on any atom is -0.477 e. The van der Waals surface area contributed by atoms with Gasteiger partial charge in [0.05, 0.1) is 4.92 Å². The monoisotopic (exact) mass is 392 g/mol. The first-order valence-electron chi connectivity index (χ1n) is 8.54. The van der Waals surface area contributed by atoms with Crippen molar-refractivity contribution in [2.45, 2.75) is 0 Å². The van der Waals surface area contributed by atoms with Crippen LogP contribution < -0.4 is 14.8 Å². The van der Waals surface area contributed by atoms with Crippen LogP contribution in [0.25, 0.3) is 0 Å². The summed E-state index contributed by atoms with van der Waals surface area (Å²) in [6, 6.07) is 19.7. The van der Waals surface area contributed by atoms with E-state index in [0.717, 1.165) is 6.07 Å². The summed E-state index contributed by atoms with van der Waals surface area (Å²) in [6.45, 7) is -0.427. The number of aldehydes is 1. The topological polar surface area (TPSA) is 108 Å². The molecule has 0 bridgehead atoms. The molecule has 0 aromatic heterocycles. The van der Waals surface area contributed by atoms with Crippen molar-refractivity contribution in [1.29, 1.82) is 0 Å². The number of para-hydroxylation sites is 1. The molecule has 3 aromatic rings. The normalized spacial score (nSPS) is 10.1. The Bertz CT molecular complexity index is 1020. The number of rotatable bonds is 8. The third-order valence-corrected chi connectivity index (χ3v) is 3.79. The van der Waals surface area contributed by atoms with Crippen molar-refractivity contribution in [3.63, 3.8) is 0 Å². The van der Waals surface area contributed by atoms with Gasteiger partial charge in [-0.1, -0.05) is 18.2 Å². The summed E-state index contributed by atoms with van der Waals surface area (Å²) < 4.78 is 10.9. The third-order valence-electron chi connectivity index (χ3n) is 3.79. The minimum atomic E-state index is -0.675. The van der Waals surface area contributed by atoms with Crippen LogP contribution in [0.5, 0.6) is 17.2 Å². The summed E-state index contributed by atoms with van der Waals surface area (Å²) in [5.74, 6) is 0.717. The highest BCUT2D eigenvalue weighted by molar-refractivity contribution is 5.92. The van der Waals surface area contributed by atoms with Crippen molar-refractivity contribution < 1.29 is 24.0 Å². The number of nitro benzene ring substituents is 1. The first-order chi connectivity index (χ1) is 14.0. The molecule has 8 nitrogen and oxygen atoms in total. The van der Waals surface area contributed by atoms with Crippen LogP contribution in [0, 0.1) is 10.1 Å². The maximum absolute atomic E-state index is 12.1. The minimum absolute atomic E-state index is 0.0950. The first kappa shape index (κ1) is 19.6. The van der Waals surface area contributed by atoms with Crippen molar-refractivity contribution in [2.24, 2.45) is 0 Å². The van der Waals surface area contributed by atoms with Crippen LogP contribution in [-0.4, -0.2) is 23.7 Å². The fourth-order valence-electron chi connectivity index (χ4n) is 2.44. The molecule has 0 aliphatic heterocycles. The molecule has 3 rings (SSSR count). The fraction of sp³-hybridized carbons (Fsp3) is 0.0476. The summed E-state index contributed by atoms with van der Waals surface area (Å²) in [5.41, 5.74) is 0.279. The van der Waals surface area contributed by atoms with Gasteiger partial charge in [0.15, 0.2) is 12.4 Å². The van der Waals surface area contributed by atoms with Gasteiger partial charge in [-0.25, -0.2) is 0 Å². The zero-order valence-electron chi connectivity index (χ0n) is 15.1. The molecule has 0 saturated heterocycles. The molecule has 0 unspecified atom stereocenters. The van der Waals surface area contributed by atoms with Gasteiger partial charge in [0.2, 0.25) is 0 Å². The van der Waals surface area contributed by atoms with E-state index in [9.17, 15) is 19.7 Å². The highest BCUT2D eigenvalue weighted by Crippen LogP contribution is 2.27. The quantitative estimate of drug-likeness (QED) is 0.349. The SMILES string of the molecule is O=Cc1ccc(OCC(=O)Nc2ccc(Oc3ccccc3)cc2)c([N+](=O)[O-])c1. The Balaban J connectivity index is 1.57. The highest BCUT2D eigenvalue weighted by atomic mass is 16.6. The van der Waals surface area contributed by atoms with Gasteiger partial charge >= 0.3 is 5.69 Å². The molecule has 8 heteroatoms. The summed E-state index contributed by atoms with van der Waals surface area (Å²) >= 11 is 0. The van der Waals surface area contributed by atoms with E-state index in [0.29, 0.717) is 23.5 Å². The van der Waals surface area contributed by atoms with Gasteiger partial charge in [-0.15, -0.1) is 0 Å². The van der Waals surface area contributed by atoms with E-state index >= 15 is 0 Å². The van der Waals surface area contributed by atoms with Crippen LogP contribution in [0.2, 0.25) is 0 Å². The number of carbonyl (C=O) groups is 2. The van der Waals surface area contributed by atoms with Gasteiger partial charge in [-0.05, 0) is 48.5 Å². The van der Waals surface area contributed by atoms with Gasteiger partial charge < -0.3 is 14.8 Å². The van der Waals surface area contributed by atoms with Crippen molar-refractivity contribution in [3.05, 3.63) is 88.5 Å². The largest absolute Gasteiger partial charge is 0.477 e. The second kappa shape index (κ2) is 9.14. The molecular weight excluding hydrogens is 376 g/mol. The van der Waals surface area contributed by atoms with Gasteiger partial charge in [0.1, 0.15) is 17.8 Å². The van der Waals surface area contributed by atoms with Crippen LogP contribution in [0.3, 0.4) is 0 Å². The second-order valence-corrected chi connectivity index (χ2v) is 5.88. The van der Waals surface area contributed by atoms with Crippen LogP contribution in [0.4, 0.5) is 11.4 Å². The fourth-order valence-corrected chi connectivity index (χ4v) is 2.44. The van der Waals surface area contributed by atoms with Crippen LogP contribution in [0.1, 0.15) is 10.4 Å². The Kier molecular flexibility index (Phi) is 6.16. The number of nitro groups is 1. The van der Waals surface area contributed by atoms with Gasteiger partial charge in [0, 0.05) is 17.3 Å². The summed E-state index contributed by atoms with van der Waals surface area (Å²) in [6.07, 6.45) is 0.495. The zero-order valence-corrected chi connectivity index (χ0v) is 15.1. The number of nitrogens with zero attached hydrogens (tertiary/aromatic N) is 1. The standard InChI is InChI=1S/C21H16N2O6/c24-13-15-6-11-20(19(12-15)23(26)27)28-14-21(25)22-16-7-9-18(10-8-16)29-17-4-2-1-3-5-17/h1-13H,14H2,(H,22,25). The molecule has 146 valence electrons. The molecule has 0 atom stereocenters. The summed E-state index contributed by atoms with van der Waals surface area (Å²) in [7, 11) is 0. The lowest BCUT2D eigenvalue weighted by molar-refractivity contribution is -0.385. The Morgan fingerprint density at radius 1 is 1.00 bits per heavy atom. The number of benzene rings is 3. The average Bonchev–Trinajstić information content (AvgIpc) is 2.74. The molecule has 1 N–H and O–H groups in total. The van der Waals surface area contributed by atoms with E-state index < -0.39 is 17.4 Å². The van der Waals surface area contributed by atoms with E-state index in [1.54, 1.807) is 24.3 Å². The Hall–Kier alpha value is -4.20. The molecule has 3 aromatic carbocycles. The molecule has 0 aliphatic rings. The number of ether oxygens (including phenoxy) is 2. The Morgan fingerprint density at radius 3 is 2.34 bits per heavy atom. The molecule has 1 amide bonds. The summed E-state index contributed by atoms with van der Waals surface area (Å²) in [5, 5.41) is 13.7. The molecular formula is C21H16N2O6. The zero-order chi connectivity index (χ0) is 20.6. The first-order valence-corrected chi connectivity index (χ1v) is 8.54. The smallest absolute Gasteiger partial charge is 0.311 e. The van der Waals surface area contributed by atoms with E-state index in [2.05, 4.69) is 5.32 Å². The summed E-state index contributed by atoms with van der Waals surface area (Å²) in [4.78, 5) is 33.2. The van der Waals surface area contributed by atoms with Gasteiger partial charge in [-0.2, -0.15) is 0 Å². The number of anilines is 1. The third kappa shape index (κ3) is 5.39. The number of nitrogens with one attached hydrogen (secondary N) is 1. The van der Waals surface area contributed by atoms with Crippen molar-refractivity contribution in [3.8, 4) is 17.2 Å². The van der Waals surface area contributed by atoms with Crippen LogP contribution in [0.15, 0.2) is 72.8 Å². The van der Waals surface area contributed by atoms with Crippen molar-refractivity contribution in [1.82, 2.24) is 0 Å². The van der Waals surface area contributed by atoms with Crippen molar-refractivity contribution >= 4 is 23.6 Å². The van der Waals surface area contributed by atoms with E-state index in [4.69, 9.17) is 9.47 Å². The molecule has 0 aliphatic carbocycles. The van der Waals surface area contributed by atoms with Crippen LogP contribution >= 0.6 is 0 Å². The van der Waals surface area contributed by atoms with E-state index in [-0.39, 0.29) is 17.0 Å². The Labute approximate surface area is 165 Å². The molecule has 0 radical (unpaired) electrons. The number of hydrogen-bond acceptors (Lipinski definition) is 6. The molecule has 0 heterocycles. The predicted molar refractivity (Wildman–Crippen MR) is 106 cm³/mol. The van der Waals surface area contributed by atoms with E-state index in [1.807, 2.05) is 30.3 Å². The van der Waals surface area contributed by atoms with Gasteiger partial charge in [-0.3, -0.25) is 19.7 Å². The Morgan fingerprint density at radius 2 is 1.69 bits per heavy atom. The number of carbonyl (C=O) groups excluding carboxylic acids is 2. The molecule has 29 heavy (non-hydrogen) atoms. The molecule has 0 saturated carbocycles. The number of amides is 1. The highest BCUT2D eigenvalue weighted by Gasteiger charge is 2.17. The van der Waals surface area contributed by atoms with Crippen LogP contribution in [-0.2, 0) is 4.79 Å². The maximum atomic E-state index is 12.1. The lowest BCUT2D eigenvalue weighted by atomic mass is 10.2. The average molecular weight is 392 g/mol. The van der Waals surface area contributed by atoms with E-state index in [1.165, 1.54) is 12.1 Å². The maximum Gasteiger partial charge on any atom is 0.311 e. The number of hydrogen-bond donors (Lipinski definition) is 1. The molecule has 0 fully saturated rings. The predicted octanol–water partition coefficient (Wildman–Crippen LogP) is 4.22. The lowest BCUT2D eigenvalue weighted by Crippen LogP contribution is -2.20. The molecule has 0 spiro atoms. The van der Waals surface area contributed by atoms with Crippen molar-refractivity contribution in [2.75, 3.05) is 11.9 Å². The van der Waals surface area contributed by atoms with Gasteiger partial charge in [0.25, 0.3) is 5.91 Å². The second-order valence-electron chi connectivity index (χ2n) is 5.88.